The number of ether oxygens (including phenoxy) is 1. The van der Waals surface area contributed by atoms with E-state index in [9.17, 15) is 9.59 Å². The molecule has 1 aromatic heterocycles. The van der Waals surface area contributed by atoms with Crippen LogP contribution in [-0.2, 0) is 16.1 Å². The molecule has 2 fully saturated rings. The van der Waals surface area contributed by atoms with Gasteiger partial charge in [-0.3, -0.25) is 14.3 Å². The van der Waals surface area contributed by atoms with Crippen LogP contribution in [0.25, 0.3) is 0 Å². The van der Waals surface area contributed by atoms with Gasteiger partial charge in [0, 0.05) is 43.8 Å². The van der Waals surface area contributed by atoms with Crippen molar-refractivity contribution in [2.45, 2.75) is 53.0 Å². The van der Waals surface area contributed by atoms with E-state index < -0.39 is 0 Å². The minimum Gasteiger partial charge on any atom is -0.381 e. The number of ketones is 1. The summed E-state index contributed by atoms with van der Waals surface area (Å²) in [6.45, 7) is 9.10. The minimum absolute atomic E-state index is 0.0294. The van der Waals surface area contributed by atoms with E-state index >= 15 is 0 Å². The second-order valence-electron chi connectivity index (χ2n) is 7.30. The Morgan fingerprint density at radius 3 is 2.71 bits per heavy atom. The number of aryl methyl sites for hydroxylation is 2. The van der Waals surface area contributed by atoms with Gasteiger partial charge < -0.3 is 9.64 Å². The van der Waals surface area contributed by atoms with Gasteiger partial charge in [0.15, 0.2) is 5.78 Å². The fourth-order valence-corrected chi connectivity index (χ4v) is 4.18. The second kappa shape index (κ2) is 6.67. The molecule has 0 unspecified atom stereocenters. The van der Waals surface area contributed by atoms with Crippen LogP contribution in [0.5, 0.6) is 0 Å². The number of piperidine rings is 1. The van der Waals surface area contributed by atoms with Crippen molar-refractivity contribution in [3.63, 3.8) is 0 Å². The third-order valence-corrected chi connectivity index (χ3v) is 5.47. The largest absolute Gasteiger partial charge is 0.381 e. The maximum atomic E-state index is 12.6. The van der Waals surface area contributed by atoms with Gasteiger partial charge in [-0.25, -0.2) is 0 Å². The van der Waals surface area contributed by atoms with E-state index in [2.05, 4.69) is 5.10 Å². The number of rotatable bonds is 4. The lowest BCUT2D eigenvalue weighted by Gasteiger charge is -2.39. The van der Waals surface area contributed by atoms with Crippen LogP contribution in [-0.4, -0.2) is 52.7 Å². The van der Waals surface area contributed by atoms with Crippen molar-refractivity contribution in [1.82, 2.24) is 14.7 Å². The zero-order valence-corrected chi connectivity index (χ0v) is 14.9. The fourth-order valence-electron chi connectivity index (χ4n) is 4.18. The van der Waals surface area contributed by atoms with Crippen molar-refractivity contribution in [3.8, 4) is 0 Å². The van der Waals surface area contributed by atoms with Gasteiger partial charge in [0.2, 0.25) is 5.91 Å². The predicted molar refractivity (Wildman–Crippen MR) is 90.0 cm³/mol. The Balaban J connectivity index is 1.61. The Kier molecular flexibility index (Phi) is 4.76. The molecule has 0 aliphatic carbocycles. The summed E-state index contributed by atoms with van der Waals surface area (Å²) in [6, 6.07) is 0. The van der Waals surface area contributed by atoms with Gasteiger partial charge in [-0.2, -0.15) is 5.10 Å². The summed E-state index contributed by atoms with van der Waals surface area (Å²) < 4.78 is 7.36. The van der Waals surface area contributed by atoms with Crippen molar-refractivity contribution in [3.05, 3.63) is 17.0 Å². The summed E-state index contributed by atoms with van der Waals surface area (Å²) in [5.41, 5.74) is 2.47. The number of carbonyl (C=O) groups excluding carboxylic acids is 2. The molecule has 6 heteroatoms. The average molecular weight is 333 g/mol. The Labute approximate surface area is 143 Å². The maximum absolute atomic E-state index is 12.6. The van der Waals surface area contributed by atoms with Crippen molar-refractivity contribution in [2.75, 3.05) is 26.3 Å². The Morgan fingerprint density at radius 1 is 1.29 bits per heavy atom. The van der Waals surface area contributed by atoms with Crippen molar-refractivity contribution in [2.24, 2.45) is 5.41 Å². The topological polar surface area (TPSA) is 64.4 Å². The zero-order valence-electron chi connectivity index (χ0n) is 14.9. The lowest BCUT2D eigenvalue weighted by molar-refractivity contribution is -0.135. The molecule has 0 bridgehead atoms. The number of aromatic nitrogens is 2. The van der Waals surface area contributed by atoms with Crippen LogP contribution in [0.1, 0.15) is 54.4 Å². The standard InChI is InChI=1S/C18H27N3O3/c1-13-17(15(3)22)14(2)21(19-13)9-5-16(23)20-8-4-6-18(11-20)7-10-24-12-18/h4-12H2,1-3H3/t18-/m1/s1. The first-order valence-electron chi connectivity index (χ1n) is 8.82. The molecule has 6 nitrogen and oxygen atoms in total. The summed E-state index contributed by atoms with van der Waals surface area (Å²) in [6.07, 6.45) is 3.71. The number of nitrogens with zero attached hydrogens (tertiary/aromatic N) is 3. The molecule has 24 heavy (non-hydrogen) atoms. The van der Waals surface area contributed by atoms with E-state index in [0.717, 1.165) is 57.0 Å². The Morgan fingerprint density at radius 2 is 2.08 bits per heavy atom. The van der Waals surface area contributed by atoms with Crippen LogP contribution in [0.4, 0.5) is 0 Å². The minimum atomic E-state index is 0.0294. The highest BCUT2D eigenvalue weighted by atomic mass is 16.5. The van der Waals surface area contributed by atoms with Gasteiger partial charge >= 0.3 is 0 Å². The number of hydrogen-bond donors (Lipinski definition) is 0. The first-order valence-corrected chi connectivity index (χ1v) is 8.82. The molecular weight excluding hydrogens is 306 g/mol. The normalized spacial score (nSPS) is 23.9. The van der Waals surface area contributed by atoms with Crippen LogP contribution in [0.3, 0.4) is 0 Å². The molecule has 2 saturated heterocycles. The maximum Gasteiger partial charge on any atom is 0.224 e. The molecule has 0 aromatic carbocycles. The molecule has 132 valence electrons. The van der Waals surface area contributed by atoms with Gasteiger partial charge in [-0.1, -0.05) is 0 Å². The zero-order chi connectivity index (χ0) is 17.3. The third kappa shape index (κ3) is 3.24. The highest BCUT2D eigenvalue weighted by Crippen LogP contribution is 2.37. The summed E-state index contributed by atoms with van der Waals surface area (Å²) in [7, 11) is 0. The van der Waals surface area contributed by atoms with E-state index in [-0.39, 0.29) is 17.1 Å². The molecule has 1 aromatic rings. The summed E-state index contributed by atoms with van der Waals surface area (Å²) in [5.74, 6) is 0.208. The summed E-state index contributed by atoms with van der Waals surface area (Å²) in [4.78, 5) is 26.3. The predicted octanol–water partition coefficient (Wildman–Crippen LogP) is 2.12. The Hall–Kier alpha value is -1.69. The van der Waals surface area contributed by atoms with E-state index in [0.29, 0.717) is 18.5 Å². The molecule has 1 spiro atoms. The fraction of sp³-hybridized carbons (Fsp3) is 0.722. The molecule has 2 aliphatic rings. The van der Waals surface area contributed by atoms with E-state index in [4.69, 9.17) is 4.74 Å². The molecule has 2 aliphatic heterocycles. The molecule has 0 N–H and O–H groups in total. The lowest BCUT2D eigenvalue weighted by atomic mass is 9.79. The number of Topliss-reactive ketones (excluding diaryl/α,β-unsaturated/α-hetero) is 1. The van der Waals surface area contributed by atoms with Crippen LogP contribution < -0.4 is 0 Å². The third-order valence-electron chi connectivity index (χ3n) is 5.47. The molecular formula is C18H27N3O3. The molecule has 1 amide bonds. The van der Waals surface area contributed by atoms with Gasteiger partial charge in [0.1, 0.15) is 0 Å². The molecule has 1 atom stereocenters. The lowest BCUT2D eigenvalue weighted by Crippen LogP contribution is -2.46. The monoisotopic (exact) mass is 333 g/mol. The van der Waals surface area contributed by atoms with E-state index in [1.165, 1.54) is 0 Å². The molecule has 3 rings (SSSR count). The van der Waals surface area contributed by atoms with Crippen LogP contribution in [0.2, 0.25) is 0 Å². The molecule has 0 radical (unpaired) electrons. The van der Waals surface area contributed by atoms with Gasteiger partial charge in [-0.05, 0) is 40.0 Å². The molecule has 3 heterocycles. The Bertz CT molecular complexity index is 644. The van der Waals surface area contributed by atoms with Gasteiger partial charge in [0.25, 0.3) is 0 Å². The smallest absolute Gasteiger partial charge is 0.224 e. The first kappa shape index (κ1) is 17.1. The second-order valence-corrected chi connectivity index (χ2v) is 7.30. The first-order chi connectivity index (χ1) is 11.4. The van der Waals surface area contributed by atoms with E-state index in [1.54, 1.807) is 11.6 Å². The van der Waals surface area contributed by atoms with Crippen molar-refractivity contribution in [1.29, 1.82) is 0 Å². The van der Waals surface area contributed by atoms with Crippen LogP contribution in [0.15, 0.2) is 0 Å². The number of hydrogen-bond acceptors (Lipinski definition) is 4. The van der Waals surface area contributed by atoms with Crippen molar-refractivity contribution >= 4 is 11.7 Å². The summed E-state index contributed by atoms with van der Waals surface area (Å²) in [5, 5.41) is 4.42. The number of carbonyl (C=O) groups is 2. The number of amides is 1. The highest BCUT2D eigenvalue weighted by Gasteiger charge is 2.40. The van der Waals surface area contributed by atoms with Crippen LogP contribution in [0, 0.1) is 19.3 Å². The van der Waals surface area contributed by atoms with Gasteiger partial charge in [0.05, 0.1) is 17.9 Å². The number of likely N-dealkylation sites (tertiary alicyclic amines) is 1. The quantitative estimate of drug-likeness (QED) is 0.792. The van der Waals surface area contributed by atoms with E-state index in [1.807, 2.05) is 18.7 Å². The molecule has 0 saturated carbocycles. The van der Waals surface area contributed by atoms with Gasteiger partial charge in [-0.15, -0.1) is 0 Å². The van der Waals surface area contributed by atoms with Crippen molar-refractivity contribution < 1.29 is 14.3 Å². The van der Waals surface area contributed by atoms with Crippen LogP contribution >= 0.6 is 0 Å². The average Bonchev–Trinajstić information content (AvgIpc) is 3.09. The highest BCUT2D eigenvalue weighted by molar-refractivity contribution is 5.96. The SMILES string of the molecule is CC(=O)c1c(C)nn(CCC(=O)N2CCC[C@@]3(CCOC3)C2)c1C. The summed E-state index contributed by atoms with van der Waals surface area (Å²) >= 11 is 0.